The minimum Gasteiger partial charge on any atom is -0.493 e. The Morgan fingerprint density at radius 2 is 1.92 bits per heavy atom. The van der Waals surface area contributed by atoms with E-state index in [0.717, 1.165) is 4.57 Å². The molecule has 26 heavy (non-hydrogen) atoms. The molecule has 136 valence electrons. The number of nitriles is 1. The molecule has 2 N–H and O–H groups in total. The molecule has 0 fully saturated rings. The summed E-state index contributed by atoms with van der Waals surface area (Å²) in [5.41, 5.74) is -0.471. The summed E-state index contributed by atoms with van der Waals surface area (Å²) in [7, 11) is -4.54. The van der Waals surface area contributed by atoms with Crippen LogP contribution in [-0.2, 0) is 16.7 Å². The minimum atomic E-state index is -4.54. The number of hydrogen-bond acceptors (Lipinski definition) is 7. The maximum atomic E-state index is 12.4. The van der Waals surface area contributed by atoms with Crippen molar-refractivity contribution in [3.63, 3.8) is 0 Å². The Hall–Kier alpha value is -3.03. The Morgan fingerprint density at radius 1 is 1.27 bits per heavy atom. The average molecular weight is 376 g/mol. The van der Waals surface area contributed by atoms with Crippen LogP contribution in [-0.4, -0.2) is 22.6 Å². The van der Waals surface area contributed by atoms with E-state index in [1.165, 1.54) is 19.1 Å². The number of aryl methyl sites for hydroxylation is 1. The second-order valence-electron chi connectivity index (χ2n) is 5.48. The first-order chi connectivity index (χ1) is 12.1. The molecule has 0 aliphatic heterocycles. The van der Waals surface area contributed by atoms with Gasteiger partial charge in [-0.05, 0) is 38.5 Å². The van der Waals surface area contributed by atoms with Gasteiger partial charge in [0, 0.05) is 12.1 Å². The Morgan fingerprint density at radius 3 is 2.46 bits per heavy atom. The largest absolute Gasteiger partial charge is 0.493 e. The molecule has 1 heterocycles. The van der Waals surface area contributed by atoms with Gasteiger partial charge in [0.05, 0.1) is 0 Å². The molecule has 0 spiro atoms. The van der Waals surface area contributed by atoms with Gasteiger partial charge in [-0.15, -0.1) is 10.2 Å². The van der Waals surface area contributed by atoms with E-state index >= 15 is 0 Å². The molecule has 2 rings (SSSR count). The van der Waals surface area contributed by atoms with Crippen LogP contribution in [0.1, 0.15) is 23.6 Å². The molecule has 0 atom stereocenters. The standard InChI is InChI=1S/C16H16N4O5S/c1-4-20-15(21)11(8-17)10(3)14(16(20)22)19-18-12-6-5-9(2)7-13(12)26(23,24)25/h5-7,21H,4H2,1-3H3,(H,23,24,25). The predicted molar refractivity (Wildman–Crippen MR) is 92.7 cm³/mol. The Kier molecular flexibility index (Phi) is 5.25. The minimum absolute atomic E-state index is 0.100. The molecular formula is C16H16N4O5S. The fraction of sp³-hybridized carbons (Fsp3) is 0.250. The average Bonchev–Trinajstić information content (AvgIpc) is 2.55. The van der Waals surface area contributed by atoms with Gasteiger partial charge in [0.15, 0.2) is 5.69 Å². The van der Waals surface area contributed by atoms with E-state index in [2.05, 4.69) is 10.2 Å². The third kappa shape index (κ3) is 3.49. The maximum Gasteiger partial charge on any atom is 0.296 e. The van der Waals surface area contributed by atoms with Gasteiger partial charge in [-0.1, -0.05) is 6.07 Å². The molecule has 0 unspecified atom stereocenters. The second kappa shape index (κ2) is 7.07. The van der Waals surface area contributed by atoms with Crippen LogP contribution >= 0.6 is 0 Å². The maximum absolute atomic E-state index is 12.4. The Balaban J connectivity index is 2.72. The van der Waals surface area contributed by atoms with E-state index in [-0.39, 0.29) is 29.0 Å². The van der Waals surface area contributed by atoms with Crippen LogP contribution in [0.25, 0.3) is 0 Å². The highest BCUT2D eigenvalue weighted by atomic mass is 32.2. The Bertz CT molecular complexity index is 1110. The van der Waals surface area contributed by atoms with Crippen molar-refractivity contribution in [2.45, 2.75) is 32.2 Å². The fourth-order valence-electron chi connectivity index (χ4n) is 2.36. The van der Waals surface area contributed by atoms with Crippen LogP contribution in [0, 0.1) is 25.2 Å². The number of hydrogen-bond donors (Lipinski definition) is 2. The SMILES string of the molecule is CCn1c(O)c(C#N)c(C)c(N=Nc2ccc(C)cc2S(=O)(=O)O)c1=O. The van der Waals surface area contributed by atoms with Crippen LogP contribution in [0.5, 0.6) is 5.88 Å². The van der Waals surface area contributed by atoms with Crippen LogP contribution in [0.4, 0.5) is 11.4 Å². The van der Waals surface area contributed by atoms with Crippen molar-refractivity contribution in [1.29, 1.82) is 5.26 Å². The van der Waals surface area contributed by atoms with Crippen molar-refractivity contribution in [2.24, 2.45) is 10.2 Å². The summed E-state index contributed by atoms with van der Waals surface area (Å²) < 4.78 is 33.3. The molecule has 0 saturated carbocycles. The van der Waals surface area contributed by atoms with E-state index in [1.807, 2.05) is 0 Å². The van der Waals surface area contributed by atoms with E-state index in [4.69, 9.17) is 0 Å². The zero-order chi connectivity index (χ0) is 19.6. The predicted octanol–water partition coefficient (Wildman–Crippen LogP) is 2.72. The quantitative estimate of drug-likeness (QED) is 0.620. The monoisotopic (exact) mass is 376 g/mol. The van der Waals surface area contributed by atoms with Crippen molar-refractivity contribution in [1.82, 2.24) is 4.57 Å². The number of azo groups is 1. The second-order valence-corrected chi connectivity index (χ2v) is 6.87. The molecule has 0 bridgehead atoms. The highest BCUT2D eigenvalue weighted by molar-refractivity contribution is 7.86. The number of benzene rings is 1. The lowest BCUT2D eigenvalue weighted by Gasteiger charge is -2.11. The van der Waals surface area contributed by atoms with Crippen LogP contribution < -0.4 is 5.56 Å². The lowest BCUT2D eigenvalue weighted by atomic mass is 10.1. The lowest BCUT2D eigenvalue weighted by molar-refractivity contribution is 0.409. The van der Waals surface area contributed by atoms with Gasteiger partial charge in [-0.3, -0.25) is 13.9 Å². The summed E-state index contributed by atoms with van der Waals surface area (Å²) in [6.45, 7) is 4.77. The molecule has 0 saturated heterocycles. The lowest BCUT2D eigenvalue weighted by Crippen LogP contribution is -2.20. The summed E-state index contributed by atoms with van der Waals surface area (Å²) in [4.78, 5) is 12.0. The molecule has 2 aromatic rings. The van der Waals surface area contributed by atoms with Crippen LogP contribution in [0.15, 0.2) is 38.1 Å². The number of pyridine rings is 1. The van der Waals surface area contributed by atoms with Crippen molar-refractivity contribution >= 4 is 21.5 Å². The first kappa shape index (κ1) is 19.3. The molecule has 10 heteroatoms. The molecule has 1 aromatic heterocycles. The van der Waals surface area contributed by atoms with E-state index in [9.17, 15) is 28.1 Å². The highest BCUT2D eigenvalue weighted by Gasteiger charge is 2.19. The van der Waals surface area contributed by atoms with Crippen LogP contribution in [0.3, 0.4) is 0 Å². The summed E-state index contributed by atoms with van der Waals surface area (Å²) in [5, 5.41) is 26.7. The molecule has 0 amide bonds. The zero-order valence-electron chi connectivity index (χ0n) is 14.3. The first-order valence-corrected chi connectivity index (χ1v) is 8.92. The van der Waals surface area contributed by atoms with Gasteiger partial charge >= 0.3 is 0 Å². The molecule has 1 aromatic carbocycles. The third-order valence-electron chi connectivity index (χ3n) is 3.74. The zero-order valence-corrected chi connectivity index (χ0v) is 15.1. The summed E-state index contributed by atoms with van der Waals surface area (Å²) >= 11 is 0. The van der Waals surface area contributed by atoms with Crippen molar-refractivity contribution in [3.05, 3.63) is 45.2 Å². The van der Waals surface area contributed by atoms with Gasteiger partial charge in [0.1, 0.15) is 22.2 Å². The van der Waals surface area contributed by atoms with Crippen molar-refractivity contribution in [2.75, 3.05) is 0 Å². The van der Waals surface area contributed by atoms with Gasteiger partial charge in [0.25, 0.3) is 15.7 Å². The molecule has 0 aliphatic carbocycles. The van der Waals surface area contributed by atoms with E-state index in [0.29, 0.717) is 5.56 Å². The summed E-state index contributed by atoms with van der Waals surface area (Å²) in [5.74, 6) is -0.467. The fourth-order valence-corrected chi connectivity index (χ4v) is 3.07. The van der Waals surface area contributed by atoms with Gasteiger partial charge < -0.3 is 5.11 Å². The van der Waals surface area contributed by atoms with E-state index in [1.54, 1.807) is 26.0 Å². The van der Waals surface area contributed by atoms with Crippen molar-refractivity contribution in [3.8, 4) is 11.9 Å². The summed E-state index contributed by atoms with van der Waals surface area (Å²) in [6.07, 6.45) is 0. The molecule has 0 aliphatic rings. The topological polar surface area (TPSA) is 145 Å². The van der Waals surface area contributed by atoms with Gasteiger partial charge in [-0.25, -0.2) is 0 Å². The smallest absolute Gasteiger partial charge is 0.296 e. The molecule has 9 nitrogen and oxygen atoms in total. The van der Waals surface area contributed by atoms with Crippen LogP contribution in [0.2, 0.25) is 0 Å². The number of rotatable bonds is 4. The van der Waals surface area contributed by atoms with Gasteiger partial charge in [0.2, 0.25) is 5.88 Å². The van der Waals surface area contributed by atoms with Crippen molar-refractivity contribution < 1.29 is 18.1 Å². The Labute approximate surface area is 149 Å². The van der Waals surface area contributed by atoms with E-state index < -0.39 is 26.5 Å². The first-order valence-electron chi connectivity index (χ1n) is 7.48. The number of aromatic nitrogens is 1. The molecule has 0 radical (unpaired) electrons. The normalized spacial score (nSPS) is 11.7. The highest BCUT2D eigenvalue weighted by Crippen LogP contribution is 2.29. The summed E-state index contributed by atoms with van der Waals surface area (Å²) in [6, 6.07) is 5.92. The molecular weight excluding hydrogens is 360 g/mol. The third-order valence-corrected chi connectivity index (χ3v) is 4.62. The number of aromatic hydroxyl groups is 1. The van der Waals surface area contributed by atoms with Gasteiger partial charge in [-0.2, -0.15) is 13.7 Å². The number of nitrogens with zero attached hydrogens (tertiary/aromatic N) is 4.